The van der Waals surface area contributed by atoms with Crippen molar-refractivity contribution in [3.63, 3.8) is 0 Å². The zero-order chi connectivity index (χ0) is 19.5. The Bertz CT molecular complexity index is 1120. The second-order valence-corrected chi connectivity index (χ2v) is 7.47. The molecule has 0 radical (unpaired) electrons. The smallest absolute Gasteiger partial charge is 0.0456 e. The molecular weight excluding hydrogens is 340 g/mol. The molecule has 0 aliphatic heterocycles. The van der Waals surface area contributed by atoms with Gasteiger partial charge in [-0.1, -0.05) is 72.3 Å². The highest BCUT2D eigenvalue weighted by atomic mass is 14.9. The van der Waals surface area contributed by atoms with Gasteiger partial charge in [0.15, 0.2) is 0 Å². The van der Waals surface area contributed by atoms with Crippen LogP contribution in [0.5, 0.6) is 0 Å². The molecule has 0 unspecified atom stereocenters. The number of benzene rings is 3. The summed E-state index contributed by atoms with van der Waals surface area (Å²) in [4.78, 5) is 3.36. The van der Waals surface area contributed by atoms with Gasteiger partial charge >= 0.3 is 0 Å². The normalized spacial score (nSPS) is 10.9. The summed E-state index contributed by atoms with van der Waals surface area (Å²) in [6, 6.07) is 23.7. The fourth-order valence-corrected chi connectivity index (χ4v) is 3.64. The van der Waals surface area contributed by atoms with Crippen molar-refractivity contribution in [2.45, 2.75) is 20.3 Å². The van der Waals surface area contributed by atoms with Crippen LogP contribution in [0.4, 0.5) is 0 Å². The van der Waals surface area contributed by atoms with Gasteiger partial charge in [0.1, 0.15) is 0 Å². The van der Waals surface area contributed by atoms with E-state index in [9.17, 15) is 0 Å². The van der Waals surface area contributed by atoms with Crippen molar-refractivity contribution in [1.82, 2.24) is 10.3 Å². The van der Waals surface area contributed by atoms with E-state index < -0.39 is 0 Å². The van der Waals surface area contributed by atoms with Crippen LogP contribution in [0.2, 0.25) is 0 Å². The van der Waals surface area contributed by atoms with E-state index in [1.807, 2.05) is 0 Å². The summed E-state index contributed by atoms with van der Waals surface area (Å²) in [6.45, 7) is 9.34. The topological polar surface area (TPSA) is 27.8 Å². The van der Waals surface area contributed by atoms with Crippen molar-refractivity contribution in [1.29, 1.82) is 0 Å². The molecule has 0 saturated heterocycles. The number of aromatic nitrogens is 1. The second-order valence-electron chi connectivity index (χ2n) is 7.47. The Labute approximate surface area is 166 Å². The quantitative estimate of drug-likeness (QED) is 0.414. The molecule has 140 valence electrons. The summed E-state index contributed by atoms with van der Waals surface area (Å²) in [5.41, 5.74) is 9.69. The molecule has 28 heavy (non-hydrogen) atoms. The minimum absolute atomic E-state index is 0.860. The molecule has 0 amide bonds. The average Bonchev–Trinajstić information content (AvgIpc) is 3.10. The average molecular weight is 367 g/mol. The summed E-state index contributed by atoms with van der Waals surface area (Å²) < 4.78 is 0. The number of hydrogen-bond donors (Lipinski definition) is 2. The second kappa shape index (κ2) is 7.77. The summed E-state index contributed by atoms with van der Waals surface area (Å²) in [5, 5.41) is 4.79. The fourth-order valence-electron chi connectivity index (χ4n) is 3.64. The highest BCUT2D eigenvalue weighted by molar-refractivity contribution is 5.83. The van der Waals surface area contributed by atoms with E-state index in [-0.39, 0.29) is 0 Å². The lowest BCUT2D eigenvalue weighted by atomic mass is 10.0. The first-order chi connectivity index (χ1) is 13.6. The van der Waals surface area contributed by atoms with Crippen LogP contribution in [0.15, 0.2) is 79.5 Å². The SMILES string of the molecule is C=C(NCCc1c[nH]c2ccc(C)cc12)c1ccc(-c2cccc(C)c2)cc1. The first kappa shape index (κ1) is 18.1. The summed E-state index contributed by atoms with van der Waals surface area (Å²) in [5.74, 6) is 0. The number of rotatable bonds is 6. The summed E-state index contributed by atoms with van der Waals surface area (Å²) in [7, 11) is 0. The highest BCUT2D eigenvalue weighted by Crippen LogP contribution is 2.23. The van der Waals surface area contributed by atoms with Crippen molar-refractivity contribution >= 4 is 16.6 Å². The van der Waals surface area contributed by atoms with Crippen LogP contribution in [0.1, 0.15) is 22.3 Å². The minimum atomic E-state index is 0.860. The maximum atomic E-state index is 4.22. The Kier molecular flexibility index (Phi) is 5.03. The molecule has 0 bridgehead atoms. The number of aryl methyl sites for hydroxylation is 2. The van der Waals surface area contributed by atoms with Gasteiger partial charge in [-0.05, 0) is 54.7 Å². The third-order valence-electron chi connectivity index (χ3n) is 5.24. The number of nitrogens with one attached hydrogen (secondary N) is 2. The molecule has 1 heterocycles. The lowest BCUT2D eigenvalue weighted by Gasteiger charge is -2.11. The maximum absolute atomic E-state index is 4.22. The van der Waals surface area contributed by atoms with E-state index in [4.69, 9.17) is 0 Å². The number of H-pyrrole nitrogens is 1. The van der Waals surface area contributed by atoms with Gasteiger partial charge in [0.25, 0.3) is 0 Å². The molecule has 0 atom stereocenters. The molecule has 2 nitrogen and oxygen atoms in total. The van der Waals surface area contributed by atoms with Crippen molar-refractivity contribution in [2.75, 3.05) is 6.54 Å². The van der Waals surface area contributed by atoms with E-state index in [2.05, 4.69) is 104 Å². The van der Waals surface area contributed by atoms with Crippen molar-refractivity contribution in [3.05, 3.63) is 102 Å². The van der Waals surface area contributed by atoms with Crippen LogP contribution < -0.4 is 5.32 Å². The largest absolute Gasteiger partial charge is 0.385 e. The fraction of sp³-hybridized carbons (Fsp3) is 0.154. The van der Waals surface area contributed by atoms with Crippen LogP contribution >= 0.6 is 0 Å². The zero-order valence-corrected chi connectivity index (χ0v) is 16.5. The van der Waals surface area contributed by atoms with E-state index >= 15 is 0 Å². The summed E-state index contributed by atoms with van der Waals surface area (Å²) in [6.07, 6.45) is 3.08. The van der Waals surface area contributed by atoms with Gasteiger partial charge in [-0.3, -0.25) is 0 Å². The molecular formula is C26H26N2. The highest BCUT2D eigenvalue weighted by Gasteiger charge is 2.05. The molecule has 0 spiro atoms. The van der Waals surface area contributed by atoms with Gasteiger partial charge in [-0.25, -0.2) is 0 Å². The summed E-state index contributed by atoms with van der Waals surface area (Å²) >= 11 is 0. The Morgan fingerprint density at radius 1 is 0.893 bits per heavy atom. The molecule has 2 N–H and O–H groups in total. The standard InChI is InChI=1S/C26H26N2/c1-18-5-4-6-23(15-18)22-10-8-21(9-11-22)20(3)27-14-13-24-17-28-26-12-7-19(2)16-25(24)26/h4-12,15-17,27-28H,3,13-14H2,1-2H3. The van der Waals surface area contributed by atoms with Gasteiger partial charge < -0.3 is 10.3 Å². The Morgan fingerprint density at radius 3 is 2.46 bits per heavy atom. The predicted octanol–water partition coefficient (Wildman–Crippen LogP) is 6.25. The van der Waals surface area contributed by atoms with Crippen LogP contribution in [-0.4, -0.2) is 11.5 Å². The number of hydrogen-bond acceptors (Lipinski definition) is 1. The maximum Gasteiger partial charge on any atom is 0.0456 e. The predicted molar refractivity (Wildman–Crippen MR) is 120 cm³/mol. The van der Waals surface area contributed by atoms with Crippen molar-refractivity contribution < 1.29 is 0 Å². The molecule has 0 aliphatic rings. The van der Waals surface area contributed by atoms with E-state index in [0.29, 0.717) is 0 Å². The van der Waals surface area contributed by atoms with Crippen molar-refractivity contribution in [3.8, 4) is 11.1 Å². The van der Waals surface area contributed by atoms with Crippen LogP contribution in [0, 0.1) is 13.8 Å². The Hall–Kier alpha value is -3.26. The van der Waals surface area contributed by atoms with Crippen LogP contribution in [-0.2, 0) is 6.42 Å². The van der Waals surface area contributed by atoms with E-state index in [1.54, 1.807) is 0 Å². The third kappa shape index (κ3) is 3.86. The van der Waals surface area contributed by atoms with E-state index in [0.717, 1.165) is 24.2 Å². The van der Waals surface area contributed by atoms with E-state index in [1.165, 1.54) is 38.7 Å². The lowest BCUT2D eigenvalue weighted by Crippen LogP contribution is -2.14. The monoisotopic (exact) mass is 366 g/mol. The van der Waals surface area contributed by atoms with Crippen LogP contribution in [0.3, 0.4) is 0 Å². The first-order valence-corrected chi connectivity index (χ1v) is 9.77. The van der Waals surface area contributed by atoms with Gasteiger partial charge in [0.2, 0.25) is 0 Å². The first-order valence-electron chi connectivity index (χ1n) is 9.77. The number of fused-ring (bicyclic) bond motifs is 1. The Morgan fingerprint density at radius 2 is 1.68 bits per heavy atom. The molecule has 3 aromatic carbocycles. The number of aromatic amines is 1. The molecule has 0 aliphatic carbocycles. The molecule has 4 aromatic rings. The molecule has 0 fully saturated rings. The van der Waals surface area contributed by atoms with Crippen LogP contribution in [0.25, 0.3) is 27.7 Å². The molecule has 0 saturated carbocycles. The molecule has 4 rings (SSSR count). The van der Waals surface area contributed by atoms with Crippen molar-refractivity contribution in [2.24, 2.45) is 0 Å². The van der Waals surface area contributed by atoms with Gasteiger partial charge in [-0.2, -0.15) is 0 Å². The third-order valence-corrected chi connectivity index (χ3v) is 5.24. The molecule has 2 heteroatoms. The van der Waals surface area contributed by atoms with Gasteiger partial charge in [0.05, 0.1) is 0 Å². The van der Waals surface area contributed by atoms with Gasteiger partial charge in [0, 0.05) is 29.3 Å². The minimum Gasteiger partial charge on any atom is -0.385 e. The lowest BCUT2D eigenvalue weighted by molar-refractivity contribution is 0.853. The Balaban J connectivity index is 1.39. The zero-order valence-electron chi connectivity index (χ0n) is 16.5. The molecule has 1 aromatic heterocycles. The van der Waals surface area contributed by atoms with Gasteiger partial charge in [-0.15, -0.1) is 0 Å².